The second-order valence-corrected chi connectivity index (χ2v) is 7.60. The fourth-order valence-electron chi connectivity index (χ4n) is 4.49. The smallest absolute Gasteiger partial charge is 0.209 e. The normalized spacial score (nSPS) is 19.0. The molecule has 2 aromatic rings. The van der Waals surface area contributed by atoms with Gasteiger partial charge in [-0.05, 0) is 29.7 Å². The van der Waals surface area contributed by atoms with Crippen LogP contribution in [0.1, 0.15) is 44.6 Å². The molecule has 1 fully saturated rings. The Morgan fingerprint density at radius 1 is 0.920 bits per heavy atom. The van der Waals surface area contributed by atoms with Crippen molar-refractivity contribution in [3.63, 3.8) is 0 Å². The summed E-state index contributed by atoms with van der Waals surface area (Å²) < 4.78 is 36.4. The van der Waals surface area contributed by atoms with E-state index in [1.54, 1.807) is 11.3 Å². The fraction of sp³-hybridized carbons (Fsp3) is 0.421. The zero-order valence-electron chi connectivity index (χ0n) is 14.5. The highest BCUT2D eigenvalue weighted by molar-refractivity contribution is 6.02. The third-order valence-electron chi connectivity index (χ3n) is 5.65. The Bertz CT molecular complexity index is 814. The molecule has 0 radical (unpaired) electrons. The molecule has 25 heavy (non-hydrogen) atoms. The van der Waals surface area contributed by atoms with Crippen LogP contribution in [0.25, 0.3) is 10.8 Å². The van der Waals surface area contributed by atoms with Gasteiger partial charge in [0.15, 0.2) is 5.71 Å². The van der Waals surface area contributed by atoms with Gasteiger partial charge in [-0.25, -0.2) is 23.2 Å². The second-order valence-electron chi connectivity index (χ2n) is 6.85. The molecule has 0 amide bonds. The largest absolute Gasteiger partial charge is 0.222 e. The summed E-state index contributed by atoms with van der Waals surface area (Å²) in [5, 5.41) is 2.86. The molecule has 5 nitrogen and oxygen atoms in total. The second kappa shape index (κ2) is 6.67. The average molecular weight is 364 g/mol. The van der Waals surface area contributed by atoms with Crippen molar-refractivity contribution in [2.75, 3.05) is 7.05 Å². The van der Waals surface area contributed by atoms with Gasteiger partial charge in [0.25, 0.3) is 0 Å². The average Bonchev–Trinajstić information content (AvgIpc) is 2.77. The number of fused-ring (bicyclic) bond motifs is 4. The maximum absolute atomic E-state index is 8.49. The van der Waals surface area contributed by atoms with Crippen molar-refractivity contribution in [3.05, 3.63) is 42.0 Å². The SMILES string of the molecule is CC1=[N+](C)c2ccc3ccccc3c2C12CCCCC2.[O-][Cl+3]([O-])([O-])[O-]. The third kappa shape index (κ3) is 3.43. The fourth-order valence-corrected chi connectivity index (χ4v) is 4.49. The standard InChI is InChI=1S/C19H22N.ClHO4/c1-14-19(12-6-3-7-13-19)18-16-9-5-4-8-15(16)10-11-17(18)20(14)2;2-1(3,4)5/h4-5,8-11H,3,6-7,12-13H2,1-2H3;(H,2,3,4,5)/q+1;/p-1. The van der Waals surface area contributed by atoms with E-state index in [0.29, 0.717) is 5.41 Å². The molecule has 0 N–H and O–H groups in total. The monoisotopic (exact) mass is 363 g/mol. The molecule has 1 heterocycles. The third-order valence-corrected chi connectivity index (χ3v) is 5.65. The molecule has 0 atom stereocenters. The summed E-state index contributed by atoms with van der Waals surface area (Å²) in [5.41, 5.74) is 4.91. The summed E-state index contributed by atoms with van der Waals surface area (Å²) in [6, 6.07) is 13.5. The molecule has 0 aromatic heterocycles. The summed E-state index contributed by atoms with van der Waals surface area (Å²) in [6.45, 7) is 2.35. The van der Waals surface area contributed by atoms with Gasteiger partial charge < -0.3 is 0 Å². The number of hydrogen-bond donors (Lipinski definition) is 0. The highest BCUT2D eigenvalue weighted by Crippen LogP contribution is 2.50. The van der Waals surface area contributed by atoms with Crippen LogP contribution in [-0.4, -0.2) is 17.3 Å². The highest BCUT2D eigenvalue weighted by atomic mass is 35.7. The van der Waals surface area contributed by atoms with Gasteiger partial charge in [0.2, 0.25) is 5.69 Å². The van der Waals surface area contributed by atoms with Gasteiger partial charge in [-0.2, -0.15) is 0 Å². The van der Waals surface area contributed by atoms with E-state index < -0.39 is 10.2 Å². The number of hydrogen-bond acceptors (Lipinski definition) is 4. The van der Waals surface area contributed by atoms with E-state index in [-0.39, 0.29) is 0 Å². The Labute approximate surface area is 149 Å². The molecule has 6 heteroatoms. The summed E-state index contributed by atoms with van der Waals surface area (Å²) in [4.78, 5) is 0. The molecule has 4 rings (SSSR count). The van der Waals surface area contributed by atoms with Crippen molar-refractivity contribution in [2.45, 2.75) is 44.4 Å². The van der Waals surface area contributed by atoms with Crippen molar-refractivity contribution in [1.29, 1.82) is 0 Å². The Balaban J connectivity index is 0.000000324. The quantitative estimate of drug-likeness (QED) is 0.617. The Hall–Kier alpha value is -1.50. The van der Waals surface area contributed by atoms with Gasteiger partial charge in [-0.1, -0.05) is 43.5 Å². The van der Waals surface area contributed by atoms with E-state index in [0.717, 1.165) is 0 Å². The summed E-state index contributed by atoms with van der Waals surface area (Å²) in [5.74, 6) is 0. The van der Waals surface area contributed by atoms with E-state index in [2.05, 4.69) is 54.9 Å². The van der Waals surface area contributed by atoms with Crippen molar-refractivity contribution in [1.82, 2.24) is 0 Å². The molecule has 2 aromatic carbocycles. The van der Waals surface area contributed by atoms with E-state index in [1.165, 1.54) is 48.6 Å². The lowest BCUT2D eigenvalue weighted by Crippen LogP contribution is -2.68. The van der Waals surface area contributed by atoms with Gasteiger partial charge in [0.05, 0.1) is 5.41 Å². The van der Waals surface area contributed by atoms with Gasteiger partial charge in [0.1, 0.15) is 7.05 Å². The van der Waals surface area contributed by atoms with E-state index in [9.17, 15) is 0 Å². The predicted molar refractivity (Wildman–Crippen MR) is 85.2 cm³/mol. The maximum atomic E-state index is 8.49. The highest BCUT2D eigenvalue weighted by Gasteiger charge is 2.50. The van der Waals surface area contributed by atoms with Crippen molar-refractivity contribution in [2.24, 2.45) is 0 Å². The Morgan fingerprint density at radius 3 is 2.16 bits per heavy atom. The first-order chi connectivity index (χ1) is 11.7. The first-order valence-electron chi connectivity index (χ1n) is 8.46. The Kier molecular flexibility index (Phi) is 4.88. The summed E-state index contributed by atoms with van der Waals surface area (Å²) in [7, 11) is -2.70. The molecule has 1 aliphatic carbocycles. The molecule has 134 valence electrons. The van der Waals surface area contributed by atoms with Gasteiger partial charge in [-0.3, -0.25) is 0 Å². The number of nitrogens with zero attached hydrogens (tertiary/aromatic N) is 1. The maximum Gasteiger partial charge on any atom is 0.209 e. The molecule has 1 aliphatic heterocycles. The lowest BCUT2D eigenvalue weighted by Gasteiger charge is -2.32. The van der Waals surface area contributed by atoms with Gasteiger partial charge >= 0.3 is 0 Å². The first kappa shape index (κ1) is 18.3. The lowest BCUT2D eigenvalue weighted by atomic mass is 9.66. The number of rotatable bonds is 0. The minimum absolute atomic E-state index is 0.309. The molecular weight excluding hydrogens is 342 g/mol. The van der Waals surface area contributed by atoms with Gasteiger partial charge in [0, 0.05) is 18.6 Å². The van der Waals surface area contributed by atoms with Crippen LogP contribution >= 0.6 is 0 Å². The first-order valence-corrected chi connectivity index (χ1v) is 9.69. The van der Waals surface area contributed by atoms with Crippen LogP contribution < -0.4 is 18.6 Å². The minimum atomic E-state index is -4.94. The molecule has 0 unspecified atom stereocenters. The molecular formula is C19H22ClNO4. The predicted octanol–water partition coefficient (Wildman–Crippen LogP) is 0.0340. The molecule has 2 aliphatic rings. The van der Waals surface area contributed by atoms with Crippen LogP contribution in [0.2, 0.25) is 0 Å². The molecule has 1 saturated carbocycles. The molecule has 0 bridgehead atoms. The van der Waals surface area contributed by atoms with Gasteiger partial charge in [-0.15, -0.1) is 10.2 Å². The summed E-state index contributed by atoms with van der Waals surface area (Å²) >= 11 is 0. The van der Waals surface area contributed by atoms with E-state index >= 15 is 0 Å². The Morgan fingerprint density at radius 2 is 1.52 bits per heavy atom. The number of halogens is 1. The minimum Gasteiger partial charge on any atom is -0.222 e. The molecule has 1 spiro atoms. The zero-order chi connectivity index (χ0) is 18.2. The molecule has 0 saturated heterocycles. The van der Waals surface area contributed by atoms with Crippen molar-refractivity contribution < 1.29 is 33.5 Å². The van der Waals surface area contributed by atoms with Crippen LogP contribution in [-0.2, 0) is 5.41 Å². The van der Waals surface area contributed by atoms with Crippen LogP contribution in [0.3, 0.4) is 0 Å². The van der Waals surface area contributed by atoms with Crippen LogP contribution in [0.5, 0.6) is 0 Å². The zero-order valence-corrected chi connectivity index (χ0v) is 15.2. The van der Waals surface area contributed by atoms with Crippen molar-refractivity contribution >= 4 is 22.2 Å². The van der Waals surface area contributed by atoms with Crippen molar-refractivity contribution in [3.8, 4) is 0 Å². The van der Waals surface area contributed by atoms with E-state index in [1.807, 2.05) is 0 Å². The summed E-state index contributed by atoms with van der Waals surface area (Å²) in [6.07, 6.45) is 6.79. The lowest BCUT2D eigenvalue weighted by molar-refractivity contribution is -2.00. The van der Waals surface area contributed by atoms with Crippen LogP contribution in [0.15, 0.2) is 36.4 Å². The number of benzene rings is 2. The van der Waals surface area contributed by atoms with E-state index in [4.69, 9.17) is 18.6 Å². The van der Waals surface area contributed by atoms with Crippen LogP contribution in [0, 0.1) is 10.2 Å². The topological polar surface area (TPSA) is 95.2 Å². The van der Waals surface area contributed by atoms with Crippen LogP contribution in [0.4, 0.5) is 5.69 Å².